The number of aromatic amines is 1. The van der Waals surface area contributed by atoms with Gasteiger partial charge in [-0.3, -0.25) is 14.6 Å². The quantitative estimate of drug-likeness (QED) is 0.766. The van der Waals surface area contributed by atoms with Gasteiger partial charge >= 0.3 is 0 Å². The molecule has 7 nitrogen and oxygen atoms in total. The van der Waals surface area contributed by atoms with Crippen LogP contribution < -0.4 is 0 Å². The second-order valence-electron chi connectivity index (χ2n) is 7.09. The number of carbonyl (C=O) groups is 1. The van der Waals surface area contributed by atoms with E-state index in [-0.39, 0.29) is 11.8 Å². The lowest BCUT2D eigenvalue weighted by atomic mass is 9.98. The van der Waals surface area contributed by atoms with E-state index in [0.29, 0.717) is 18.8 Å². The second kappa shape index (κ2) is 5.95. The molecule has 0 radical (unpaired) electrons. The third-order valence-electron chi connectivity index (χ3n) is 5.55. The first-order valence-electron chi connectivity index (χ1n) is 9.07. The zero-order chi connectivity index (χ0) is 17.7. The van der Waals surface area contributed by atoms with Crippen LogP contribution in [0.15, 0.2) is 24.3 Å². The van der Waals surface area contributed by atoms with Crippen molar-refractivity contribution in [2.75, 3.05) is 19.7 Å². The molecule has 2 aromatic heterocycles. The Balaban J connectivity index is 1.40. The van der Waals surface area contributed by atoms with E-state index in [1.807, 2.05) is 36.2 Å². The molecular weight excluding hydrogens is 330 g/mol. The predicted octanol–water partition coefficient (Wildman–Crippen LogP) is 2.00. The summed E-state index contributed by atoms with van der Waals surface area (Å²) in [5.74, 6) is 0.264. The van der Waals surface area contributed by atoms with Gasteiger partial charge < -0.3 is 9.64 Å². The van der Waals surface area contributed by atoms with Gasteiger partial charge in [-0.15, -0.1) is 0 Å². The number of rotatable bonds is 2. The molecule has 1 amide bonds. The molecule has 26 heavy (non-hydrogen) atoms. The fraction of sp³-hybridized carbons (Fsp3) is 0.421. The van der Waals surface area contributed by atoms with Crippen molar-refractivity contribution >= 4 is 16.8 Å². The SMILES string of the molecule is Cn1nc(C(=O)N2CCC(c3n[nH]c4c3COCC4)C2)c2ccccc21. The zero-order valence-corrected chi connectivity index (χ0v) is 14.7. The van der Waals surface area contributed by atoms with Crippen LogP contribution in [0, 0.1) is 0 Å². The Bertz CT molecular complexity index is 989. The number of H-pyrrole nitrogens is 1. The van der Waals surface area contributed by atoms with E-state index < -0.39 is 0 Å². The third kappa shape index (κ3) is 2.34. The van der Waals surface area contributed by atoms with Gasteiger partial charge in [-0.25, -0.2) is 0 Å². The normalized spacial score (nSPS) is 19.9. The highest BCUT2D eigenvalue weighted by atomic mass is 16.5. The van der Waals surface area contributed by atoms with Crippen LogP contribution in [0.5, 0.6) is 0 Å². The molecule has 1 saturated heterocycles. The van der Waals surface area contributed by atoms with Crippen LogP contribution in [0.3, 0.4) is 0 Å². The summed E-state index contributed by atoms with van der Waals surface area (Å²) in [6.45, 7) is 2.78. The monoisotopic (exact) mass is 351 g/mol. The third-order valence-corrected chi connectivity index (χ3v) is 5.55. The van der Waals surface area contributed by atoms with Crippen molar-refractivity contribution in [3.8, 4) is 0 Å². The van der Waals surface area contributed by atoms with Crippen LogP contribution in [0.4, 0.5) is 0 Å². The number of ether oxygens (including phenoxy) is 1. The molecular formula is C19H21N5O2. The van der Waals surface area contributed by atoms with Gasteiger partial charge in [0.25, 0.3) is 5.91 Å². The summed E-state index contributed by atoms with van der Waals surface area (Å²) >= 11 is 0. The minimum atomic E-state index is 0.00459. The number of likely N-dealkylation sites (tertiary alicyclic amines) is 1. The average molecular weight is 351 g/mol. The summed E-state index contributed by atoms with van der Waals surface area (Å²) in [5, 5.41) is 13.1. The van der Waals surface area contributed by atoms with Gasteiger partial charge in [0.1, 0.15) is 0 Å². The highest BCUT2D eigenvalue weighted by Gasteiger charge is 2.33. The van der Waals surface area contributed by atoms with Crippen molar-refractivity contribution in [1.29, 1.82) is 0 Å². The number of nitrogens with zero attached hydrogens (tertiary/aromatic N) is 4. The van der Waals surface area contributed by atoms with Crippen molar-refractivity contribution in [2.24, 2.45) is 7.05 Å². The van der Waals surface area contributed by atoms with Crippen molar-refractivity contribution in [3.63, 3.8) is 0 Å². The number of para-hydroxylation sites is 1. The Morgan fingerprint density at radius 3 is 3.15 bits per heavy atom. The van der Waals surface area contributed by atoms with Gasteiger partial charge in [0.05, 0.1) is 24.4 Å². The number of aryl methyl sites for hydroxylation is 1. The molecule has 7 heteroatoms. The Labute approximate surface area is 150 Å². The lowest BCUT2D eigenvalue weighted by Gasteiger charge is -2.17. The molecule has 3 aromatic rings. The molecule has 0 bridgehead atoms. The Morgan fingerprint density at radius 1 is 1.35 bits per heavy atom. The minimum absolute atomic E-state index is 0.00459. The van der Waals surface area contributed by atoms with E-state index in [0.717, 1.165) is 42.6 Å². The van der Waals surface area contributed by atoms with E-state index in [1.54, 1.807) is 4.68 Å². The number of hydrogen-bond acceptors (Lipinski definition) is 4. The highest BCUT2D eigenvalue weighted by Crippen LogP contribution is 2.32. The van der Waals surface area contributed by atoms with E-state index in [2.05, 4.69) is 15.3 Å². The number of nitrogens with one attached hydrogen (secondary N) is 1. The molecule has 4 heterocycles. The lowest BCUT2D eigenvalue weighted by molar-refractivity contribution is 0.0785. The first-order chi connectivity index (χ1) is 12.7. The maximum absolute atomic E-state index is 13.1. The van der Waals surface area contributed by atoms with Crippen LogP contribution in [-0.4, -0.2) is 50.5 Å². The number of hydrogen-bond donors (Lipinski definition) is 1. The minimum Gasteiger partial charge on any atom is -0.376 e. The molecule has 0 aliphatic carbocycles. The highest BCUT2D eigenvalue weighted by molar-refractivity contribution is 6.04. The first-order valence-corrected chi connectivity index (χ1v) is 9.07. The average Bonchev–Trinajstić information content (AvgIpc) is 3.38. The van der Waals surface area contributed by atoms with Crippen molar-refractivity contribution in [2.45, 2.75) is 25.4 Å². The Morgan fingerprint density at radius 2 is 2.23 bits per heavy atom. The molecule has 1 N–H and O–H groups in total. The molecule has 0 saturated carbocycles. The van der Waals surface area contributed by atoms with Crippen LogP contribution in [0.2, 0.25) is 0 Å². The molecule has 0 spiro atoms. The topological polar surface area (TPSA) is 76.0 Å². The lowest BCUT2D eigenvalue weighted by Crippen LogP contribution is -2.29. The van der Waals surface area contributed by atoms with Crippen LogP contribution in [0.1, 0.15) is 39.8 Å². The summed E-state index contributed by atoms with van der Waals surface area (Å²) in [4.78, 5) is 15.0. The maximum atomic E-state index is 13.1. The molecule has 1 fully saturated rings. The van der Waals surface area contributed by atoms with Gasteiger partial charge in [0, 0.05) is 49.1 Å². The molecule has 1 aromatic carbocycles. The van der Waals surface area contributed by atoms with E-state index in [4.69, 9.17) is 4.74 Å². The molecule has 5 rings (SSSR count). The summed E-state index contributed by atoms with van der Waals surface area (Å²) in [6, 6.07) is 7.86. The van der Waals surface area contributed by atoms with Crippen LogP contribution in [-0.2, 0) is 24.8 Å². The second-order valence-corrected chi connectivity index (χ2v) is 7.09. The van der Waals surface area contributed by atoms with Crippen LogP contribution in [0.25, 0.3) is 10.9 Å². The first kappa shape index (κ1) is 15.6. The summed E-state index contributed by atoms with van der Waals surface area (Å²) in [6.07, 6.45) is 1.81. The Hall–Kier alpha value is -2.67. The van der Waals surface area contributed by atoms with Gasteiger partial charge in [-0.2, -0.15) is 10.2 Å². The maximum Gasteiger partial charge on any atom is 0.275 e. The van der Waals surface area contributed by atoms with Gasteiger partial charge in [-0.05, 0) is 12.5 Å². The fourth-order valence-electron chi connectivity index (χ4n) is 4.16. The van der Waals surface area contributed by atoms with Gasteiger partial charge in [0.2, 0.25) is 0 Å². The summed E-state index contributed by atoms with van der Waals surface area (Å²) in [5.41, 5.74) is 4.97. The van der Waals surface area contributed by atoms with E-state index in [9.17, 15) is 4.79 Å². The molecule has 134 valence electrons. The Kier molecular flexibility index (Phi) is 3.56. The number of aromatic nitrogens is 4. The van der Waals surface area contributed by atoms with Crippen molar-refractivity contribution in [3.05, 3.63) is 46.9 Å². The van der Waals surface area contributed by atoms with Gasteiger partial charge in [-0.1, -0.05) is 18.2 Å². The van der Waals surface area contributed by atoms with Gasteiger partial charge in [0.15, 0.2) is 5.69 Å². The van der Waals surface area contributed by atoms with Crippen molar-refractivity contribution < 1.29 is 9.53 Å². The molecule has 1 atom stereocenters. The number of amides is 1. The van der Waals surface area contributed by atoms with Crippen LogP contribution >= 0.6 is 0 Å². The fourth-order valence-corrected chi connectivity index (χ4v) is 4.16. The zero-order valence-electron chi connectivity index (χ0n) is 14.7. The molecule has 1 unspecified atom stereocenters. The van der Waals surface area contributed by atoms with E-state index >= 15 is 0 Å². The molecule has 2 aliphatic rings. The predicted molar refractivity (Wildman–Crippen MR) is 95.9 cm³/mol. The van der Waals surface area contributed by atoms with Crippen molar-refractivity contribution in [1.82, 2.24) is 24.9 Å². The van der Waals surface area contributed by atoms with E-state index in [1.165, 1.54) is 11.3 Å². The summed E-state index contributed by atoms with van der Waals surface area (Å²) < 4.78 is 7.37. The number of fused-ring (bicyclic) bond motifs is 2. The number of carbonyl (C=O) groups excluding carboxylic acids is 1. The number of benzene rings is 1. The largest absolute Gasteiger partial charge is 0.376 e. The summed E-state index contributed by atoms with van der Waals surface area (Å²) in [7, 11) is 1.88. The molecule has 2 aliphatic heterocycles. The standard InChI is InChI=1S/C19H21N5O2/c1-23-16-5-3-2-4-13(16)18(22-23)19(25)24-8-6-12(10-24)17-14-11-26-9-7-15(14)20-21-17/h2-5,12H,6-11H2,1H3,(H,20,21). The smallest absolute Gasteiger partial charge is 0.275 e.